The van der Waals surface area contributed by atoms with Crippen LogP contribution in [0.2, 0.25) is 0 Å². The number of furan rings is 1. The molecule has 2 aromatic rings. The minimum Gasteiger partial charge on any atom is -0.464 e. The van der Waals surface area contributed by atoms with Gasteiger partial charge in [0.1, 0.15) is 23.8 Å². The summed E-state index contributed by atoms with van der Waals surface area (Å²) in [4.78, 5) is 31.4. The van der Waals surface area contributed by atoms with Crippen LogP contribution in [-0.4, -0.2) is 97.6 Å². The van der Waals surface area contributed by atoms with Crippen molar-refractivity contribution in [3.8, 4) is 6.07 Å². The number of fused-ring (bicyclic) bond motifs is 2. The van der Waals surface area contributed by atoms with Crippen molar-refractivity contribution in [3.63, 3.8) is 0 Å². The maximum Gasteiger partial charge on any atom is 0.482 e. The fourth-order valence-corrected chi connectivity index (χ4v) is 9.97. The lowest BCUT2D eigenvalue weighted by Gasteiger charge is -2.64. The molecule has 1 N–H and O–H groups in total. The highest BCUT2D eigenvalue weighted by Crippen LogP contribution is 2.65. The first-order valence-corrected chi connectivity index (χ1v) is 18.4. The van der Waals surface area contributed by atoms with Crippen LogP contribution in [-0.2, 0) is 30.0 Å². The number of carbonyl (C=O) groups is 2. The summed E-state index contributed by atoms with van der Waals surface area (Å²) in [6, 6.07) is 9.74. The van der Waals surface area contributed by atoms with E-state index in [4.69, 9.17) is 23.2 Å². The molecule has 266 valence electrons. The Morgan fingerprint density at radius 3 is 2.72 bits per heavy atom. The Morgan fingerprint density at radius 2 is 1.96 bits per heavy atom. The highest BCUT2D eigenvalue weighted by Gasteiger charge is 2.68. The van der Waals surface area contributed by atoms with Crippen LogP contribution < -0.4 is 5.32 Å². The number of amides is 2. The van der Waals surface area contributed by atoms with Crippen LogP contribution in [0.5, 0.6) is 0 Å². The van der Waals surface area contributed by atoms with Gasteiger partial charge in [0.25, 0.3) is 5.91 Å². The number of morpholine rings is 1. The standard InChI is InChI=1S/C38H49BN4O7/c1-36(2,42-10-12-46-13-11-42)18-25(19-40)34(44)43-20-23-14-28(23)29(43)22-48-35(45)41-33(15-24-21-47-30-9-7-6-8-27(24)30)39-49-32-17-26-16-31(37(26,3)4)38(32,5)50-39/h6-9,18,21,23,26,28-29,31-33H,10-17,20,22H2,1-5H3,(H,41,45)/b25-18-/t23-,26-,28-,29-,31-,32+,33-,38-/m0/s1. The molecule has 2 bridgehead atoms. The van der Waals surface area contributed by atoms with Gasteiger partial charge in [0.2, 0.25) is 0 Å². The molecule has 2 amide bonds. The molecule has 0 radical (unpaired) electrons. The van der Waals surface area contributed by atoms with E-state index in [2.05, 4.69) is 37.1 Å². The van der Waals surface area contributed by atoms with E-state index in [1.807, 2.05) is 38.1 Å². The molecule has 0 unspecified atom stereocenters. The number of alkyl carbamates (subject to hydrolysis) is 1. The molecule has 0 spiro atoms. The largest absolute Gasteiger partial charge is 0.482 e. The molecule has 11 nitrogen and oxygen atoms in total. The monoisotopic (exact) mass is 684 g/mol. The second kappa shape index (κ2) is 12.4. The average Bonchev–Trinajstić information content (AvgIpc) is 3.41. The Morgan fingerprint density at radius 1 is 1.18 bits per heavy atom. The van der Waals surface area contributed by atoms with Gasteiger partial charge in [-0.05, 0) is 93.2 Å². The predicted molar refractivity (Wildman–Crippen MR) is 186 cm³/mol. The lowest BCUT2D eigenvalue weighted by atomic mass is 9.43. The van der Waals surface area contributed by atoms with Crippen molar-refractivity contribution in [2.45, 2.75) is 89.5 Å². The number of nitriles is 1. The summed E-state index contributed by atoms with van der Waals surface area (Å²) in [6.45, 7) is 14.2. The molecule has 1 aromatic carbocycles. The Bertz CT molecular complexity index is 1730. The fraction of sp³-hybridized carbons (Fsp3) is 0.658. The molecule has 3 saturated heterocycles. The number of likely N-dealkylation sites (tertiary alicyclic amines) is 1. The Balaban J connectivity index is 0.965. The number of ether oxygens (including phenoxy) is 2. The number of hydrogen-bond acceptors (Lipinski definition) is 9. The maximum absolute atomic E-state index is 13.8. The van der Waals surface area contributed by atoms with Crippen LogP contribution in [0.3, 0.4) is 0 Å². The summed E-state index contributed by atoms with van der Waals surface area (Å²) in [6.07, 6.45) is 6.41. The zero-order valence-corrected chi connectivity index (χ0v) is 29.9. The maximum atomic E-state index is 13.8. The van der Waals surface area contributed by atoms with Gasteiger partial charge in [-0.2, -0.15) is 5.26 Å². The molecule has 3 aliphatic heterocycles. The van der Waals surface area contributed by atoms with Crippen molar-refractivity contribution in [2.24, 2.45) is 29.1 Å². The number of hydrogen-bond donors (Lipinski definition) is 1. The van der Waals surface area contributed by atoms with Gasteiger partial charge in [0.05, 0.1) is 43.2 Å². The number of nitrogens with zero attached hydrogens (tertiary/aromatic N) is 3. The van der Waals surface area contributed by atoms with Crippen LogP contribution >= 0.6 is 0 Å². The van der Waals surface area contributed by atoms with Crippen LogP contribution in [0, 0.1) is 40.4 Å². The van der Waals surface area contributed by atoms with E-state index in [-0.39, 0.29) is 41.6 Å². The van der Waals surface area contributed by atoms with Gasteiger partial charge in [-0.25, -0.2) is 4.79 Å². The topological polar surface area (TPSA) is 127 Å². The van der Waals surface area contributed by atoms with Gasteiger partial charge in [-0.15, -0.1) is 0 Å². The zero-order chi connectivity index (χ0) is 35.0. The quantitative estimate of drug-likeness (QED) is 0.226. The molecular weight excluding hydrogens is 635 g/mol. The lowest BCUT2D eigenvalue weighted by Crippen LogP contribution is -2.65. The molecule has 1 aromatic heterocycles. The van der Waals surface area contributed by atoms with E-state index in [1.54, 1.807) is 17.2 Å². The summed E-state index contributed by atoms with van der Waals surface area (Å²) in [5, 5.41) is 14.2. The highest BCUT2D eigenvalue weighted by atomic mass is 16.7. The van der Waals surface area contributed by atoms with Crippen LogP contribution in [0.1, 0.15) is 59.4 Å². The van der Waals surface area contributed by atoms with Crippen LogP contribution in [0.4, 0.5) is 4.79 Å². The fourth-order valence-electron chi connectivity index (χ4n) is 9.97. The predicted octanol–water partition coefficient (Wildman–Crippen LogP) is 4.75. The van der Waals surface area contributed by atoms with E-state index < -0.39 is 30.3 Å². The molecule has 12 heteroatoms. The third-order valence-electron chi connectivity index (χ3n) is 13.2. The van der Waals surface area contributed by atoms with Crippen LogP contribution in [0.25, 0.3) is 11.0 Å². The SMILES string of the molecule is CC1(C)[C@@H]2C[C@H]3OB([C@H](Cc4coc5ccccc45)NC(=O)OC[C@H]4[C@H]5C[C@H]5CN4C(=O)/C(C#N)=C\C(C)(C)N4CCOCC4)O[C@@]3(C)[C@H]1C2. The van der Waals surface area contributed by atoms with Gasteiger partial charge in [0, 0.05) is 30.6 Å². The first-order chi connectivity index (χ1) is 23.9. The highest BCUT2D eigenvalue weighted by molar-refractivity contribution is 6.48. The Kier molecular flexibility index (Phi) is 8.37. The number of carbonyl (C=O) groups excluding carboxylic acids is 2. The average molecular weight is 685 g/mol. The van der Waals surface area contributed by atoms with Crippen molar-refractivity contribution in [2.75, 3.05) is 39.5 Å². The van der Waals surface area contributed by atoms with Gasteiger partial charge in [0.15, 0.2) is 0 Å². The van der Waals surface area contributed by atoms with Gasteiger partial charge >= 0.3 is 13.2 Å². The van der Waals surface area contributed by atoms with Crippen molar-refractivity contribution in [1.82, 2.24) is 15.1 Å². The minimum atomic E-state index is -0.656. The first kappa shape index (κ1) is 33.8. The van der Waals surface area contributed by atoms with Crippen molar-refractivity contribution < 1.29 is 32.8 Å². The minimum absolute atomic E-state index is 0.0360. The summed E-state index contributed by atoms with van der Waals surface area (Å²) >= 11 is 0. The molecule has 4 saturated carbocycles. The number of piperidine rings is 1. The van der Waals surface area contributed by atoms with E-state index in [1.165, 1.54) is 0 Å². The molecule has 4 aliphatic carbocycles. The normalized spacial score (nSPS) is 33.6. The first-order valence-electron chi connectivity index (χ1n) is 18.4. The Hall–Kier alpha value is -3.37. The molecule has 7 aliphatic rings. The van der Waals surface area contributed by atoms with Gasteiger partial charge in [-0.1, -0.05) is 32.0 Å². The van der Waals surface area contributed by atoms with E-state index in [9.17, 15) is 14.9 Å². The van der Waals surface area contributed by atoms with E-state index >= 15 is 0 Å². The molecule has 7 fully saturated rings. The molecular formula is C38H49BN4O7. The third kappa shape index (κ3) is 5.74. The van der Waals surface area contributed by atoms with Crippen molar-refractivity contribution in [1.29, 1.82) is 5.26 Å². The number of nitrogens with one attached hydrogen (secondary N) is 1. The van der Waals surface area contributed by atoms with Crippen molar-refractivity contribution >= 4 is 30.1 Å². The van der Waals surface area contributed by atoms with Crippen LogP contribution in [0.15, 0.2) is 46.6 Å². The summed E-state index contributed by atoms with van der Waals surface area (Å²) in [5.41, 5.74) is 1.13. The van der Waals surface area contributed by atoms with Crippen molar-refractivity contribution in [3.05, 3.63) is 47.7 Å². The summed E-state index contributed by atoms with van der Waals surface area (Å²) in [7, 11) is -0.656. The lowest BCUT2D eigenvalue weighted by molar-refractivity contribution is -0.199. The summed E-state index contributed by atoms with van der Waals surface area (Å²) in [5.74, 6) is 0.778. The number of benzene rings is 1. The number of para-hydroxylation sites is 1. The molecule has 50 heavy (non-hydrogen) atoms. The van der Waals surface area contributed by atoms with Gasteiger partial charge in [-0.3, -0.25) is 9.69 Å². The zero-order valence-electron chi connectivity index (χ0n) is 29.9. The number of rotatable bonds is 9. The molecule has 9 rings (SSSR count). The third-order valence-corrected chi connectivity index (χ3v) is 13.2. The van der Waals surface area contributed by atoms with Gasteiger partial charge < -0.3 is 33.4 Å². The second-order valence-electron chi connectivity index (χ2n) is 16.8. The summed E-state index contributed by atoms with van der Waals surface area (Å²) < 4.78 is 30.7. The van der Waals surface area contributed by atoms with E-state index in [0.717, 1.165) is 48.9 Å². The molecule has 8 atom stereocenters. The second-order valence-corrected chi connectivity index (χ2v) is 16.8. The smallest absolute Gasteiger partial charge is 0.464 e. The Labute approximate surface area is 294 Å². The van der Waals surface area contributed by atoms with E-state index in [0.29, 0.717) is 43.9 Å². The molecule has 4 heterocycles.